The topological polar surface area (TPSA) is 37.4 Å². The molecule has 1 fully saturated rings. The maximum Gasteiger partial charge on any atom is 0.0707 e. The summed E-state index contributed by atoms with van der Waals surface area (Å²) in [4.78, 5) is 6.87. The molecule has 2 rings (SSSR count). The molecule has 1 saturated heterocycles. The number of hydrogen-bond acceptors (Lipinski definition) is 4. The molecule has 2 unspecified atom stereocenters. The van der Waals surface area contributed by atoms with Crippen molar-refractivity contribution in [2.24, 2.45) is 0 Å². The molecule has 1 aromatic heterocycles. The van der Waals surface area contributed by atoms with Crippen LogP contribution in [0.1, 0.15) is 37.6 Å². The molecule has 0 aromatic carbocycles. The van der Waals surface area contributed by atoms with Gasteiger partial charge in [0.2, 0.25) is 0 Å². The number of ether oxygens (including phenoxy) is 1. The fourth-order valence-corrected chi connectivity index (χ4v) is 2.88. The Labute approximate surface area is 128 Å². The molecule has 4 nitrogen and oxygen atoms in total. The van der Waals surface area contributed by atoms with Crippen LogP contribution in [0.2, 0.25) is 0 Å². The molecule has 21 heavy (non-hydrogen) atoms. The number of hydrogen-bond donors (Lipinski definition) is 1. The molecule has 4 heteroatoms. The quantitative estimate of drug-likeness (QED) is 0.746. The number of pyridine rings is 1. The molecule has 118 valence electrons. The standard InChI is InChI=1S/C17H29N3O/c1-4-10-18-11-16-8-9-17(21-16)13-20(3)12-15-7-5-6-14(2)19-15/h5-7,16-18H,4,8-13H2,1-3H3. The number of rotatable bonds is 8. The summed E-state index contributed by atoms with van der Waals surface area (Å²) in [5.41, 5.74) is 2.22. The second-order valence-electron chi connectivity index (χ2n) is 6.13. The maximum absolute atomic E-state index is 6.12. The van der Waals surface area contributed by atoms with Gasteiger partial charge in [-0.25, -0.2) is 0 Å². The van der Waals surface area contributed by atoms with Gasteiger partial charge in [0.1, 0.15) is 0 Å². The Bertz CT molecular complexity index is 424. The highest BCUT2D eigenvalue weighted by Crippen LogP contribution is 2.20. The van der Waals surface area contributed by atoms with E-state index in [0.29, 0.717) is 12.2 Å². The first-order valence-corrected chi connectivity index (χ1v) is 8.14. The lowest BCUT2D eigenvalue weighted by molar-refractivity contribution is 0.0266. The monoisotopic (exact) mass is 291 g/mol. The number of nitrogens with zero attached hydrogens (tertiary/aromatic N) is 2. The van der Waals surface area contributed by atoms with E-state index in [1.807, 2.05) is 13.0 Å². The smallest absolute Gasteiger partial charge is 0.0707 e. The lowest BCUT2D eigenvalue weighted by Crippen LogP contribution is -2.32. The first-order valence-electron chi connectivity index (χ1n) is 8.14. The van der Waals surface area contributed by atoms with Gasteiger partial charge in [0.25, 0.3) is 0 Å². The highest BCUT2D eigenvalue weighted by molar-refractivity contribution is 5.09. The summed E-state index contributed by atoms with van der Waals surface area (Å²) < 4.78 is 6.12. The normalized spacial score (nSPS) is 22.1. The van der Waals surface area contributed by atoms with Crippen LogP contribution in [0.5, 0.6) is 0 Å². The van der Waals surface area contributed by atoms with E-state index in [0.717, 1.165) is 37.6 Å². The Hall–Kier alpha value is -0.970. The molecule has 1 aromatic rings. The predicted octanol–water partition coefficient (Wildman–Crippen LogP) is 2.37. The van der Waals surface area contributed by atoms with Crippen LogP contribution in [0.15, 0.2) is 18.2 Å². The van der Waals surface area contributed by atoms with Crippen LogP contribution in [0.25, 0.3) is 0 Å². The van der Waals surface area contributed by atoms with Crippen molar-refractivity contribution in [1.29, 1.82) is 0 Å². The van der Waals surface area contributed by atoms with E-state index < -0.39 is 0 Å². The molecule has 1 aliphatic heterocycles. The first-order chi connectivity index (χ1) is 10.2. The summed E-state index contributed by atoms with van der Waals surface area (Å²) in [7, 11) is 2.15. The Morgan fingerprint density at radius 3 is 2.90 bits per heavy atom. The molecule has 2 heterocycles. The second kappa shape index (κ2) is 8.47. The average molecular weight is 291 g/mol. The van der Waals surface area contributed by atoms with Gasteiger partial charge in [-0.1, -0.05) is 13.0 Å². The maximum atomic E-state index is 6.12. The van der Waals surface area contributed by atoms with Crippen LogP contribution in [0.3, 0.4) is 0 Å². The van der Waals surface area contributed by atoms with Crippen LogP contribution in [0, 0.1) is 6.92 Å². The van der Waals surface area contributed by atoms with Crippen molar-refractivity contribution in [2.75, 3.05) is 26.7 Å². The number of aromatic nitrogens is 1. The summed E-state index contributed by atoms with van der Waals surface area (Å²) in [5.74, 6) is 0. The summed E-state index contributed by atoms with van der Waals surface area (Å²) in [6.07, 6.45) is 4.30. The SMILES string of the molecule is CCCNCC1CCC(CN(C)Cc2cccc(C)n2)O1. The molecule has 0 amide bonds. The van der Waals surface area contributed by atoms with Crippen LogP contribution in [-0.2, 0) is 11.3 Å². The van der Waals surface area contributed by atoms with Gasteiger partial charge in [0, 0.05) is 25.3 Å². The molecule has 0 saturated carbocycles. The summed E-state index contributed by atoms with van der Waals surface area (Å²) in [6, 6.07) is 6.21. The summed E-state index contributed by atoms with van der Waals surface area (Å²) in [5, 5.41) is 3.45. The van der Waals surface area contributed by atoms with Crippen molar-refractivity contribution in [1.82, 2.24) is 15.2 Å². The minimum atomic E-state index is 0.369. The van der Waals surface area contributed by atoms with E-state index in [1.54, 1.807) is 0 Å². The molecule has 2 atom stereocenters. The van der Waals surface area contributed by atoms with Crippen LogP contribution >= 0.6 is 0 Å². The minimum absolute atomic E-state index is 0.369. The lowest BCUT2D eigenvalue weighted by atomic mass is 10.2. The van der Waals surface area contributed by atoms with E-state index in [4.69, 9.17) is 4.74 Å². The Balaban J connectivity index is 1.70. The molecular weight excluding hydrogens is 262 g/mol. The first kappa shape index (κ1) is 16.4. The van der Waals surface area contributed by atoms with Gasteiger partial charge in [0.05, 0.1) is 17.9 Å². The predicted molar refractivity (Wildman–Crippen MR) is 86.4 cm³/mol. The number of nitrogens with one attached hydrogen (secondary N) is 1. The third kappa shape index (κ3) is 5.73. The Kier molecular flexibility index (Phi) is 6.61. The van der Waals surface area contributed by atoms with Crippen molar-refractivity contribution >= 4 is 0 Å². The Morgan fingerprint density at radius 2 is 2.14 bits per heavy atom. The second-order valence-corrected chi connectivity index (χ2v) is 6.13. The molecule has 0 spiro atoms. The van der Waals surface area contributed by atoms with Gasteiger partial charge in [0.15, 0.2) is 0 Å². The molecule has 0 radical (unpaired) electrons. The molecule has 0 bridgehead atoms. The highest BCUT2D eigenvalue weighted by atomic mass is 16.5. The number of likely N-dealkylation sites (N-methyl/N-ethyl adjacent to an activating group) is 1. The van der Waals surface area contributed by atoms with Crippen LogP contribution in [-0.4, -0.2) is 48.8 Å². The molecule has 1 N–H and O–H groups in total. The fourth-order valence-electron chi connectivity index (χ4n) is 2.88. The molecular formula is C17H29N3O. The Morgan fingerprint density at radius 1 is 1.33 bits per heavy atom. The van der Waals surface area contributed by atoms with Crippen molar-refractivity contribution in [3.05, 3.63) is 29.6 Å². The van der Waals surface area contributed by atoms with E-state index in [9.17, 15) is 0 Å². The van der Waals surface area contributed by atoms with Crippen molar-refractivity contribution < 1.29 is 4.74 Å². The summed E-state index contributed by atoms with van der Waals surface area (Å²) in [6.45, 7) is 8.19. The van der Waals surface area contributed by atoms with Crippen molar-refractivity contribution in [2.45, 2.75) is 51.9 Å². The molecule has 0 aliphatic carbocycles. The largest absolute Gasteiger partial charge is 0.372 e. The fraction of sp³-hybridized carbons (Fsp3) is 0.706. The molecule has 1 aliphatic rings. The lowest BCUT2D eigenvalue weighted by Gasteiger charge is -2.21. The van der Waals surface area contributed by atoms with E-state index in [-0.39, 0.29) is 0 Å². The van der Waals surface area contributed by atoms with Crippen LogP contribution in [0.4, 0.5) is 0 Å². The van der Waals surface area contributed by atoms with Crippen LogP contribution < -0.4 is 5.32 Å². The van der Waals surface area contributed by atoms with Gasteiger partial charge in [-0.2, -0.15) is 0 Å². The van der Waals surface area contributed by atoms with E-state index in [2.05, 4.69) is 41.3 Å². The van der Waals surface area contributed by atoms with Gasteiger partial charge >= 0.3 is 0 Å². The van der Waals surface area contributed by atoms with Gasteiger partial charge in [-0.3, -0.25) is 9.88 Å². The van der Waals surface area contributed by atoms with Crippen molar-refractivity contribution in [3.8, 4) is 0 Å². The minimum Gasteiger partial charge on any atom is -0.372 e. The zero-order chi connectivity index (χ0) is 15.1. The van der Waals surface area contributed by atoms with E-state index in [1.165, 1.54) is 19.3 Å². The third-order valence-electron chi connectivity index (χ3n) is 3.89. The average Bonchev–Trinajstić information content (AvgIpc) is 2.86. The number of aryl methyl sites for hydroxylation is 1. The third-order valence-corrected chi connectivity index (χ3v) is 3.89. The van der Waals surface area contributed by atoms with Gasteiger partial charge in [-0.05, 0) is 51.9 Å². The van der Waals surface area contributed by atoms with Crippen molar-refractivity contribution in [3.63, 3.8) is 0 Å². The zero-order valence-electron chi connectivity index (χ0n) is 13.6. The van der Waals surface area contributed by atoms with E-state index >= 15 is 0 Å². The van der Waals surface area contributed by atoms with Gasteiger partial charge < -0.3 is 10.1 Å². The zero-order valence-corrected chi connectivity index (χ0v) is 13.6. The van der Waals surface area contributed by atoms with Gasteiger partial charge in [-0.15, -0.1) is 0 Å². The highest BCUT2D eigenvalue weighted by Gasteiger charge is 2.25. The summed E-state index contributed by atoms with van der Waals surface area (Å²) >= 11 is 0.